The fourth-order valence-corrected chi connectivity index (χ4v) is 2.89. The Balaban J connectivity index is 1.68. The third-order valence-electron chi connectivity index (χ3n) is 4.26. The zero-order chi connectivity index (χ0) is 19.1. The van der Waals surface area contributed by atoms with Crippen LogP contribution in [0.4, 0.5) is 5.82 Å². The van der Waals surface area contributed by atoms with Gasteiger partial charge in [0.05, 0.1) is 19.8 Å². The van der Waals surface area contributed by atoms with E-state index in [2.05, 4.69) is 26.4 Å². The smallest absolute Gasteiger partial charge is 0.239 e. The van der Waals surface area contributed by atoms with E-state index in [0.717, 1.165) is 29.4 Å². The number of ether oxygens (including phenoxy) is 1. The highest BCUT2D eigenvalue weighted by molar-refractivity contribution is 5.94. The van der Waals surface area contributed by atoms with Crippen molar-refractivity contribution in [2.75, 3.05) is 45.2 Å². The van der Waals surface area contributed by atoms with Crippen LogP contribution in [-0.4, -0.2) is 66.9 Å². The number of hydrogen-bond donors (Lipinski definition) is 1. The zero-order valence-electron chi connectivity index (χ0n) is 15.8. The van der Waals surface area contributed by atoms with E-state index in [1.165, 1.54) is 0 Å². The average molecular weight is 367 g/mol. The van der Waals surface area contributed by atoms with Gasteiger partial charge in [0.25, 0.3) is 0 Å². The molecule has 1 aliphatic rings. The van der Waals surface area contributed by atoms with E-state index >= 15 is 0 Å². The van der Waals surface area contributed by atoms with Gasteiger partial charge in [0, 0.05) is 44.1 Å². The molecule has 3 rings (SSSR count). The maximum absolute atomic E-state index is 12.3. The zero-order valence-corrected chi connectivity index (χ0v) is 15.8. The Hall–Kier alpha value is -2.77. The number of nitrogens with one attached hydrogen (secondary N) is 1. The number of hydrazone groups is 1. The summed E-state index contributed by atoms with van der Waals surface area (Å²) in [6, 6.07) is 8.01. The Kier molecular flexibility index (Phi) is 6.51. The molecule has 7 heteroatoms. The molecule has 142 valence electrons. The highest BCUT2D eigenvalue weighted by Crippen LogP contribution is 2.19. The van der Waals surface area contributed by atoms with E-state index < -0.39 is 0 Å². The normalized spacial score (nSPS) is 15.6. The van der Waals surface area contributed by atoms with Crippen LogP contribution in [0.15, 0.2) is 41.8 Å². The minimum absolute atomic E-state index is 0.0566. The molecule has 0 aliphatic carbocycles. The van der Waals surface area contributed by atoms with E-state index in [4.69, 9.17) is 4.74 Å². The topological polar surface area (TPSA) is 70.1 Å². The Labute approximate surface area is 159 Å². The summed E-state index contributed by atoms with van der Waals surface area (Å²) in [6.45, 7) is 5.15. The molecule has 0 bridgehead atoms. The predicted octanol–water partition coefficient (Wildman–Crippen LogP) is 2.41. The summed E-state index contributed by atoms with van der Waals surface area (Å²) >= 11 is 0. The van der Waals surface area contributed by atoms with Crippen LogP contribution in [0.2, 0.25) is 0 Å². The first-order valence-corrected chi connectivity index (χ1v) is 9.03. The SMILES string of the molecule is C/C=N/N(C)/C=C/c1ccc2cnc(NC(=O)CN3CCOCC3)cc2c1. The summed E-state index contributed by atoms with van der Waals surface area (Å²) in [6.07, 6.45) is 7.40. The van der Waals surface area contributed by atoms with Gasteiger partial charge in [-0.2, -0.15) is 5.10 Å². The quantitative estimate of drug-likeness (QED) is 0.627. The van der Waals surface area contributed by atoms with Crippen molar-refractivity contribution < 1.29 is 9.53 Å². The lowest BCUT2D eigenvalue weighted by Crippen LogP contribution is -2.41. The minimum atomic E-state index is -0.0566. The molecule has 1 N–H and O–H groups in total. The van der Waals surface area contributed by atoms with Gasteiger partial charge < -0.3 is 10.1 Å². The molecule has 1 aliphatic heterocycles. The number of pyridine rings is 1. The van der Waals surface area contributed by atoms with Crippen LogP contribution in [0.25, 0.3) is 16.8 Å². The van der Waals surface area contributed by atoms with Gasteiger partial charge in [-0.3, -0.25) is 14.7 Å². The van der Waals surface area contributed by atoms with Crippen molar-refractivity contribution in [3.05, 3.63) is 42.2 Å². The third-order valence-corrected chi connectivity index (χ3v) is 4.26. The van der Waals surface area contributed by atoms with Crippen LogP contribution in [0.1, 0.15) is 12.5 Å². The van der Waals surface area contributed by atoms with Crippen LogP contribution in [0.3, 0.4) is 0 Å². The van der Waals surface area contributed by atoms with Gasteiger partial charge in [0.15, 0.2) is 0 Å². The number of carbonyl (C=O) groups excluding carboxylic acids is 1. The number of benzene rings is 1. The van der Waals surface area contributed by atoms with Gasteiger partial charge in [-0.1, -0.05) is 12.1 Å². The summed E-state index contributed by atoms with van der Waals surface area (Å²) in [4.78, 5) is 18.7. The molecule has 0 spiro atoms. The van der Waals surface area contributed by atoms with Crippen LogP contribution >= 0.6 is 0 Å². The molecule has 1 aromatic carbocycles. The Morgan fingerprint density at radius 1 is 1.33 bits per heavy atom. The number of rotatable bonds is 6. The van der Waals surface area contributed by atoms with Gasteiger partial charge in [-0.25, -0.2) is 4.98 Å². The lowest BCUT2D eigenvalue weighted by atomic mass is 10.1. The van der Waals surface area contributed by atoms with E-state index in [0.29, 0.717) is 25.6 Å². The molecule has 0 saturated carbocycles. The van der Waals surface area contributed by atoms with Crippen LogP contribution in [0.5, 0.6) is 0 Å². The number of aromatic nitrogens is 1. The van der Waals surface area contributed by atoms with Gasteiger partial charge in [-0.15, -0.1) is 0 Å². The summed E-state index contributed by atoms with van der Waals surface area (Å²) in [5, 5.41) is 10.8. The molecule has 27 heavy (non-hydrogen) atoms. The fourth-order valence-electron chi connectivity index (χ4n) is 2.89. The second kappa shape index (κ2) is 9.25. The minimum Gasteiger partial charge on any atom is -0.379 e. The first kappa shape index (κ1) is 19.0. The fraction of sp³-hybridized carbons (Fsp3) is 0.350. The molecule has 1 saturated heterocycles. The van der Waals surface area contributed by atoms with Crippen molar-refractivity contribution in [3.63, 3.8) is 0 Å². The summed E-state index contributed by atoms with van der Waals surface area (Å²) in [7, 11) is 1.88. The highest BCUT2D eigenvalue weighted by atomic mass is 16.5. The van der Waals surface area contributed by atoms with Crippen LogP contribution in [-0.2, 0) is 9.53 Å². The second-order valence-electron chi connectivity index (χ2n) is 6.38. The van der Waals surface area contributed by atoms with E-state index in [9.17, 15) is 4.79 Å². The number of morpholine rings is 1. The summed E-state index contributed by atoms with van der Waals surface area (Å²) in [5.74, 6) is 0.508. The van der Waals surface area contributed by atoms with Crippen molar-refractivity contribution in [1.29, 1.82) is 0 Å². The summed E-state index contributed by atoms with van der Waals surface area (Å²) in [5.41, 5.74) is 1.05. The van der Waals surface area contributed by atoms with Crippen LogP contribution < -0.4 is 5.32 Å². The Bertz CT molecular complexity index is 843. The maximum Gasteiger partial charge on any atom is 0.239 e. The number of fused-ring (bicyclic) bond motifs is 1. The van der Waals surface area contributed by atoms with E-state index in [1.807, 2.05) is 44.4 Å². The molecule has 1 amide bonds. The molecular formula is C20H25N5O2. The van der Waals surface area contributed by atoms with Gasteiger partial charge in [-0.05, 0) is 36.1 Å². The van der Waals surface area contributed by atoms with Gasteiger partial charge >= 0.3 is 0 Å². The number of carbonyl (C=O) groups is 1. The monoisotopic (exact) mass is 367 g/mol. The first-order chi connectivity index (χ1) is 13.1. The third kappa shape index (κ3) is 5.60. The molecule has 0 radical (unpaired) electrons. The molecular weight excluding hydrogens is 342 g/mol. The second-order valence-corrected chi connectivity index (χ2v) is 6.38. The van der Waals surface area contributed by atoms with E-state index in [1.54, 1.807) is 17.4 Å². The highest BCUT2D eigenvalue weighted by Gasteiger charge is 2.14. The number of anilines is 1. The van der Waals surface area contributed by atoms with Gasteiger partial charge in [0.2, 0.25) is 5.91 Å². The van der Waals surface area contributed by atoms with Crippen molar-refractivity contribution in [2.24, 2.45) is 5.10 Å². The first-order valence-electron chi connectivity index (χ1n) is 9.03. The largest absolute Gasteiger partial charge is 0.379 e. The number of nitrogens with zero attached hydrogens (tertiary/aromatic N) is 4. The summed E-state index contributed by atoms with van der Waals surface area (Å²) < 4.78 is 5.31. The van der Waals surface area contributed by atoms with Crippen molar-refractivity contribution in [2.45, 2.75) is 6.92 Å². The average Bonchev–Trinajstić information content (AvgIpc) is 2.67. The number of amides is 1. The molecule has 1 aromatic heterocycles. The lowest BCUT2D eigenvalue weighted by Gasteiger charge is -2.25. The molecule has 0 atom stereocenters. The standard InChI is InChI=1S/C20H25N5O2/c1-3-22-24(2)7-6-16-4-5-17-14-21-19(13-18(17)12-16)23-20(26)15-25-8-10-27-11-9-25/h3-7,12-14H,8-11,15H2,1-2H3,(H,21,23,26)/b7-6+,22-3+. The molecule has 0 unspecified atom stereocenters. The van der Waals surface area contributed by atoms with Crippen LogP contribution in [0, 0.1) is 0 Å². The molecule has 2 aromatic rings. The predicted molar refractivity (Wildman–Crippen MR) is 109 cm³/mol. The van der Waals surface area contributed by atoms with Gasteiger partial charge in [0.1, 0.15) is 5.82 Å². The number of hydrogen-bond acceptors (Lipinski definition) is 6. The molecule has 7 nitrogen and oxygen atoms in total. The Morgan fingerprint density at radius 2 is 2.15 bits per heavy atom. The lowest BCUT2D eigenvalue weighted by molar-refractivity contribution is -0.118. The molecule has 2 heterocycles. The van der Waals surface area contributed by atoms with Crippen molar-refractivity contribution in [1.82, 2.24) is 14.9 Å². The van der Waals surface area contributed by atoms with E-state index in [-0.39, 0.29) is 5.91 Å². The van der Waals surface area contributed by atoms with Crippen molar-refractivity contribution in [3.8, 4) is 0 Å². The van der Waals surface area contributed by atoms with Crippen molar-refractivity contribution >= 4 is 34.8 Å². The molecule has 1 fully saturated rings. The maximum atomic E-state index is 12.3. The Morgan fingerprint density at radius 3 is 2.93 bits per heavy atom.